The maximum Gasteiger partial charge on any atom is 0.306 e. The van der Waals surface area contributed by atoms with E-state index < -0.39 is 6.10 Å². The van der Waals surface area contributed by atoms with Gasteiger partial charge in [-0.3, -0.25) is 9.59 Å². The number of rotatable bonds is 60. The standard InChI is InChI=1S/C73H124O5/c1-3-5-7-9-11-13-15-17-19-21-23-25-27-29-31-33-34-35-36-37-38-40-42-44-46-48-50-52-54-56-58-60-62-64-66-68-73(76)78-71(69-74)70-77-72(75)67-65-63-61-59-57-55-53-51-49-47-45-43-41-39-32-30-28-26-24-22-20-18-16-14-12-10-8-6-4-2/h5,7,11,13,16-19,22-25,28-31,34-35,37-38,71,74H,3-4,6,8-10,12,14-15,20-21,26-27,32-33,36,39-70H2,1-2H3/b7-5-,13-11-,18-16-,19-17-,24-22-,25-23-,30-28-,31-29-,35-34-,38-37-. The first-order chi connectivity index (χ1) is 38.6. The highest BCUT2D eigenvalue weighted by atomic mass is 16.6. The number of hydrogen-bond acceptors (Lipinski definition) is 5. The Balaban J connectivity index is 3.50. The van der Waals surface area contributed by atoms with Gasteiger partial charge in [0.15, 0.2) is 6.10 Å². The number of carbonyl (C=O) groups excluding carboxylic acids is 2. The van der Waals surface area contributed by atoms with Crippen LogP contribution in [0.2, 0.25) is 0 Å². The highest BCUT2D eigenvalue weighted by Gasteiger charge is 2.16. The summed E-state index contributed by atoms with van der Waals surface area (Å²) >= 11 is 0. The second-order valence-corrected chi connectivity index (χ2v) is 21.8. The summed E-state index contributed by atoms with van der Waals surface area (Å²) in [4.78, 5) is 24.6. The summed E-state index contributed by atoms with van der Waals surface area (Å²) in [5.74, 6) is -0.588. The molecule has 0 amide bonds. The molecule has 0 spiro atoms. The molecule has 0 saturated carbocycles. The predicted molar refractivity (Wildman–Crippen MR) is 343 cm³/mol. The molecule has 1 N–H and O–H groups in total. The van der Waals surface area contributed by atoms with Crippen LogP contribution < -0.4 is 0 Å². The number of esters is 2. The maximum atomic E-state index is 12.4. The molecule has 0 aromatic rings. The fraction of sp³-hybridized carbons (Fsp3) is 0.699. The Morgan fingerprint density at radius 2 is 0.551 bits per heavy atom. The van der Waals surface area contributed by atoms with Crippen LogP contribution in [-0.4, -0.2) is 36.4 Å². The SMILES string of the molecule is CC/C=C\C/C=C\C/C=C\C/C=C\C/C=C\C/C=C\C/C=C\CCCCCCCCCCCCCCCC(=O)OC(CO)COC(=O)CCCCCCCCCCCCCCCC/C=C\C/C=C\C/C=C\CCCCCCC. The van der Waals surface area contributed by atoms with Crippen LogP contribution in [-0.2, 0) is 19.1 Å². The summed E-state index contributed by atoms with van der Waals surface area (Å²) in [5.41, 5.74) is 0. The molecule has 0 aliphatic rings. The Morgan fingerprint density at radius 3 is 0.833 bits per heavy atom. The fourth-order valence-electron chi connectivity index (χ4n) is 9.31. The van der Waals surface area contributed by atoms with E-state index >= 15 is 0 Å². The molecule has 1 atom stereocenters. The molecular weight excluding hydrogens is 957 g/mol. The van der Waals surface area contributed by atoms with Crippen molar-refractivity contribution in [2.45, 2.75) is 315 Å². The van der Waals surface area contributed by atoms with Crippen LogP contribution >= 0.6 is 0 Å². The highest BCUT2D eigenvalue weighted by Crippen LogP contribution is 2.17. The molecule has 0 heterocycles. The van der Waals surface area contributed by atoms with E-state index in [4.69, 9.17) is 9.47 Å². The minimum Gasteiger partial charge on any atom is -0.462 e. The lowest BCUT2D eigenvalue weighted by molar-refractivity contribution is -0.161. The Morgan fingerprint density at radius 1 is 0.308 bits per heavy atom. The average molecular weight is 1080 g/mol. The van der Waals surface area contributed by atoms with Gasteiger partial charge in [-0.25, -0.2) is 0 Å². The predicted octanol–water partition coefficient (Wildman–Crippen LogP) is 23.0. The molecule has 0 aromatic heterocycles. The Bertz CT molecular complexity index is 1550. The third-order valence-corrected chi connectivity index (χ3v) is 14.2. The van der Waals surface area contributed by atoms with Crippen LogP contribution in [0.3, 0.4) is 0 Å². The molecule has 5 nitrogen and oxygen atoms in total. The van der Waals surface area contributed by atoms with Crippen LogP contribution in [0.1, 0.15) is 309 Å². The van der Waals surface area contributed by atoms with Gasteiger partial charge in [0.05, 0.1) is 6.61 Å². The van der Waals surface area contributed by atoms with Crippen LogP contribution in [0.25, 0.3) is 0 Å². The van der Waals surface area contributed by atoms with Crippen LogP contribution in [0.4, 0.5) is 0 Å². The quantitative estimate of drug-likeness (QED) is 0.0373. The first-order valence-electron chi connectivity index (χ1n) is 33.1. The number of aliphatic hydroxyl groups is 1. The van der Waals surface area contributed by atoms with E-state index in [2.05, 4.69) is 135 Å². The van der Waals surface area contributed by atoms with Gasteiger partial charge < -0.3 is 14.6 Å². The largest absolute Gasteiger partial charge is 0.462 e. The zero-order chi connectivity index (χ0) is 56.2. The molecule has 0 aliphatic carbocycles. The maximum absolute atomic E-state index is 12.4. The molecule has 0 saturated heterocycles. The monoisotopic (exact) mass is 1080 g/mol. The molecule has 0 rings (SSSR count). The molecule has 0 radical (unpaired) electrons. The van der Waals surface area contributed by atoms with Crippen molar-refractivity contribution < 1.29 is 24.2 Å². The summed E-state index contributed by atoms with van der Waals surface area (Å²) in [7, 11) is 0. The number of hydrogen-bond donors (Lipinski definition) is 1. The van der Waals surface area contributed by atoms with E-state index in [-0.39, 0.29) is 25.2 Å². The Labute approximate surface area is 483 Å². The molecule has 5 heteroatoms. The lowest BCUT2D eigenvalue weighted by Gasteiger charge is -2.15. The van der Waals surface area contributed by atoms with Gasteiger partial charge in [0.2, 0.25) is 0 Å². The number of unbranched alkanes of at least 4 members (excludes halogenated alkanes) is 32. The summed E-state index contributed by atoms with van der Waals surface area (Å²) in [6.45, 7) is 4.04. The summed E-state index contributed by atoms with van der Waals surface area (Å²) in [5, 5.41) is 9.69. The lowest BCUT2D eigenvalue weighted by atomic mass is 10.0. The van der Waals surface area contributed by atoms with Crippen LogP contribution in [0.15, 0.2) is 122 Å². The van der Waals surface area contributed by atoms with Crippen molar-refractivity contribution in [3.63, 3.8) is 0 Å². The first-order valence-corrected chi connectivity index (χ1v) is 33.1. The van der Waals surface area contributed by atoms with Crippen molar-refractivity contribution in [1.29, 1.82) is 0 Å². The van der Waals surface area contributed by atoms with Crippen molar-refractivity contribution >= 4 is 11.9 Å². The van der Waals surface area contributed by atoms with Crippen LogP contribution in [0, 0.1) is 0 Å². The van der Waals surface area contributed by atoms with E-state index in [1.54, 1.807) is 0 Å². The van der Waals surface area contributed by atoms with Gasteiger partial charge in [0, 0.05) is 12.8 Å². The van der Waals surface area contributed by atoms with Gasteiger partial charge in [0.1, 0.15) is 6.61 Å². The second-order valence-electron chi connectivity index (χ2n) is 21.8. The molecular formula is C73H124O5. The minimum absolute atomic E-state index is 0.0700. The van der Waals surface area contributed by atoms with E-state index in [1.165, 1.54) is 186 Å². The highest BCUT2D eigenvalue weighted by molar-refractivity contribution is 5.70. The zero-order valence-corrected chi connectivity index (χ0v) is 51.1. The molecule has 1 unspecified atom stereocenters. The number of ether oxygens (including phenoxy) is 2. The fourth-order valence-corrected chi connectivity index (χ4v) is 9.31. The Kier molecular flexibility index (Phi) is 64.4. The summed E-state index contributed by atoms with van der Waals surface area (Å²) < 4.78 is 10.7. The number of carbonyl (C=O) groups is 2. The molecule has 0 aliphatic heterocycles. The third-order valence-electron chi connectivity index (χ3n) is 14.2. The molecule has 0 aromatic carbocycles. The van der Waals surface area contributed by atoms with E-state index in [9.17, 15) is 14.7 Å². The van der Waals surface area contributed by atoms with Crippen molar-refractivity contribution in [2.24, 2.45) is 0 Å². The summed E-state index contributed by atoms with van der Waals surface area (Å²) in [6, 6.07) is 0. The summed E-state index contributed by atoms with van der Waals surface area (Å²) in [6.07, 6.45) is 99.1. The average Bonchev–Trinajstić information content (AvgIpc) is 3.44. The van der Waals surface area contributed by atoms with Gasteiger partial charge in [-0.2, -0.15) is 0 Å². The van der Waals surface area contributed by atoms with Gasteiger partial charge in [-0.05, 0) is 109 Å². The Hall–Kier alpha value is -3.70. The van der Waals surface area contributed by atoms with Gasteiger partial charge in [0.25, 0.3) is 0 Å². The number of aliphatic hydroxyl groups excluding tert-OH is 1. The van der Waals surface area contributed by atoms with E-state index in [1.807, 2.05) is 0 Å². The van der Waals surface area contributed by atoms with Gasteiger partial charge >= 0.3 is 11.9 Å². The van der Waals surface area contributed by atoms with Gasteiger partial charge in [-0.15, -0.1) is 0 Å². The van der Waals surface area contributed by atoms with Crippen molar-refractivity contribution in [3.8, 4) is 0 Å². The van der Waals surface area contributed by atoms with Crippen molar-refractivity contribution in [2.75, 3.05) is 13.2 Å². The number of allylic oxidation sites excluding steroid dienone is 20. The van der Waals surface area contributed by atoms with Crippen LogP contribution in [0.5, 0.6) is 0 Å². The van der Waals surface area contributed by atoms with Crippen molar-refractivity contribution in [3.05, 3.63) is 122 Å². The zero-order valence-electron chi connectivity index (χ0n) is 51.1. The smallest absolute Gasteiger partial charge is 0.306 e. The third kappa shape index (κ3) is 64.8. The van der Waals surface area contributed by atoms with E-state index in [0.29, 0.717) is 12.8 Å². The second kappa shape index (κ2) is 67.6. The minimum atomic E-state index is -0.781. The molecule has 0 bridgehead atoms. The first kappa shape index (κ1) is 74.3. The molecule has 78 heavy (non-hydrogen) atoms. The van der Waals surface area contributed by atoms with E-state index in [0.717, 1.165) is 96.3 Å². The topological polar surface area (TPSA) is 72.8 Å². The molecule has 446 valence electrons. The van der Waals surface area contributed by atoms with Crippen molar-refractivity contribution in [1.82, 2.24) is 0 Å². The normalized spacial score (nSPS) is 13.0. The van der Waals surface area contributed by atoms with Gasteiger partial charge in [-0.1, -0.05) is 309 Å². The molecule has 0 fully saturated rings. The lowest BCUT2D eigenvalue weighted by Crippen LogP contribution is -2.28.